The van der Waals surface area contributed by atoms with Crippen LogP contribution in [0.3, 0.4) is 0 Å². The second-order valence-electron chi connectivity index (χ2n) is 3.36. The van der Waals surface area contributed by atoms with Gasteiger partial charge < -0.3 is 4.74 Å². The molecule has 1 fully saturated rings. The first-order chi connectivity index (χ1) is 6.86. The maximum atomic E-state index is 5.30. The van der Waals surface area contributed by atoms with Crippen LogP contribution in [-0.2, 0) is 4.74 Å². The van der Waals surface area contributed by atoms with E-state index in [0.717, 1.165) is 32.8 Å². The van der Waals surface area contributed by atoms with Crippen LogP contribution in [-0.4, -0.2) is 37.7 Å². The molecule has 0 aromatic heterocycles. The van der Waals surface area contributed by atoms with Gasteiger partial charge in [-0.1, -0.05) is 30.9 Å². The standard InChI is InChI=1S/C12H19NO/c1-3-5-6-12(4-2)11-13-7-9-14-10-8-13/h3-6H,2,7-11H2,1H3/b5-3-,12-6+. The van der Waals surface area contributed by atoms with Gasteiger partial charge in [-0.25, -0.2) is 0 Å². The third-order valence-corrected chi connectivity index (χ3v) is 2.27. The van der Waals surface area contributed by atoms with Crippen molar-refractivity contribution in [2.45, 2.75) is 6.92 Å². The molecule has 1 rings (SSSR count). The highest BCUT2D eigenvalue weighted by Gasteiger charge is 2.09. The molecular weight excluding hydrogens is 174 g/mol. The normalized spacial score (nSPS) is 20.2. The van der Waals surface area contributed by atoms with Crippen LogP contribution in [0.2, 0.25) is 0 Å². The maximum Gasteiger partial charge on any atom is 0.0594 e. The van der Waals surface area contributed by atoms with Gasteiger partial charge in [-0.05, 0) is 12.5 Å². The highest BCUT2D eigenvalue weighted by Crippen LogP contribution is 2.04. The number of nitrogens with zero attached hydrogens (tertiary/aromatic N) is 1. The first-order valence-corrected chi connectivity index (χ1v) is 5.11. The molecule has 0 atom stereocenters. The van der Waals surface area contributed by atoms with E-state index in [4.69, 9.17) is 4.74 Å². The lowest BCUT2D eigenvalue weighted by molar-refractivity contribution is 0.0426. The Kier molecular flexibility index (Phi) is 5.27. The Balaban J connectivity index is 2.42. The lowest BCUT2D eigenvalue weighted by Gasteiger charge is -2.26. The number of hydrogen-bond donors (Lipinski definition) is 0. The molecule has 0 radical (unpaired) electrons. The molecule has 2 nitrogen and oxygen atoms in total. The minimum Gasteiger partial charge on any atom is -0.379 e. The highest BCUT2D eigenvalue weighted by atomic mass is 16.5. The number of allylic oxidation sites excluding steroid dienone is 3. The second kappa shape index (κ2) is 6.57. The van der Waals surface area contributed by atoms with Crippen molar-refractivity contribution in [1.29, 1.82) is 0 Å². The summed E-state index contributed by atoms with van der Waals surface area (Å²) >= 11 is 0. The zero-order valence-corrected chi connectivity index (χ0v) is 8.91. The molecule has 1 saturated heterocycles. The van der Waals surface area contributed by atoms with Gasteiger partial charge in [0.25, 0.3) is 0 Å². The minimum absolute atomic E-state index is 0.855. The van der Waals surface area contributed by atoms with Crippen LogP contribution in [0.4, 0.5) is 0 Å². The molecule has 78 valence electrons. The van der Waals surface area contributed by atoms with Gasteiger partial charge in [-0.3, -0.25) is 4.90 Å². The Labute approximate surface area is 86.6 Å². The Morgan fingerprint density at radius 1 is 1.43 bits per heavy atom. The fraction of sp³-hybridized carbons (Fsp3) is 0.500. The average molecular weight is 193 g/mol. The molecule has 0 amide bonds. The van der Waals surface area contributed by atoms with E-state index >= 15 is 0 Å². The van der Waals surface area contributed by atoms with E-state index in [-0.39, 0.29) is 0 Å². The summed E-state index contributed by atoms with van der Waals surface area (Å²) in [4.78, 5) is 2.39. The van der Waals surface area contributed by atoms with E-state index in [1.165, 1.54) is 5.57 Å². The quantitative estimate of drug-likeness (QED) is 0.633. The van der Waals surface area contributed by atoms with E-state index in [0.29, 0.717) is 0 Å². The topological polar surface area (TPSA) is 12.5 Å². The van der Waals surface area contributed by atoms with Crippen molar-refractivity contribution in [3.63, 3.8) is 0 Å². The summed E-state index contributed by atoms with van der Waals surface area (Å²) in [6, 6.07) is 0. The lowest BCUT2D eigenvalue weighted by atomic mass is 10.2. The molecule has 0 aliphatic carbocycles. The monoisotopic (exact) mass is 193 g/mol. The highest BCUT2D eigenvalue weighted by molar-refractivity contribution is 5.23. The summed E-state index contributed by atoms with van der Waals surface area (Å²) < 4.78 is 5.30. The van der Waals surface area contributed by atoms with Gasteiger partial charge >= 0.3 is 0 Å². The molecule has 1 heterocycles. The summed E-state index contributed by atoms with van der Waals surface area (Å²) in [6.45, 7) is 10.6. The number of rotatable bonds is 4. The van der Waals surface area contributed by atoms with Crippen LogP contribution < -0.4 is 0 Å². The predicted octanol–water partition coefficient (Wildman–Crippen LogP) is 2.01. The zero-order valence-electron chi connectivity index (χ0n) is 8.91. The van der Waals surface area contributed by atoms with E-state index in [9.17, 15) is 0 Å². The SMILES string of the molecule is C=C/C(=C\C=C/C)CN1CCOCC1. The molecule has 2 heteroatoms. The summed E-state index contributed by atoms with van der Waals surface area (Å²) in [7, 11) is 0. The molecular formula is C12H19NO. The van der Waals surface area contributed by atoms with Crippen molar-refractivity contribution in [3.05, 3.63) is 36.5 Å². The Hall–Kier alpha value is -0.860. The van der Waals surface area contributed by atoms with Crippen molar-refractivity contribution in [3.8, 4) is 0 Å². The van der Waals surface area contributed by atoms with Crippen molar-refractivity contribution >= 4 is 0 Å². The van der Waals surface area contributed by atoms with E-state index in [1.807, 2.05) is 19.1 Å². The smallest absolute Gasteiger partial charge is 0.0594 e. The average Bonchev–Trinajstić information content (AvgIpc) is 2.25. The fourth-order valence-electron chi connectivity index (χ4n) is 1.42. The van der Waals surface area contributed by atoms with Crippen molar-refractivity contribution in [1.82, 2.24) is 4.90 Å². The molecule has 0 N–H and O–H groups in total. The van der Waals surface area contributed by atoms with Crippen LogP contribution in [0.25, 0.3) is 0 Å². The zero-order chi connectivity index (χ0) is 10.2. The van der Waals surface area contributed by atoms with Crippen molar-refractivity contribution in [2.24, 2.45) is 0 Å². The van der Waals surface area contributed by atoms with Crippen LogP contribution in [0.5, 0.6) is 0 Å². The first kappa shape index (κ1) is 11.2. The number of hydrogen-bond acceptors (Lipinski definition) is 2. The largest absolute Gasteiger partial charge is 0.379 e. The fourth-order valence-corrected chi connectivity index (χ4v) is 1.42. The third kappa shape index (κ3) is 3.90. The van der Waals surface area contributed by atoms with Gasteiger partial charge in [-0.2, -0.15) is 0 Å². The Morgan fingerprint density at radius 3 is 2.71 bits per heavy atom. The van der Waals surface area contributed by atoms with Gasteiger partial charge in [0.1, 0.15) is 0 Å². The van der Waals surface area contributed by atoms with Crippen LogP contribution in [0, 0.1) is 0 Å². The van der Waals surface area contributed by atoms with Crippen LogP contribution >= 0.6 is 0 Å². The Morgan fingerprint density at radius 2 is 2.14 bits per heavy atom. The van der Waals surface area contributed by atoms with Gasteiger partial charge in [-0.15, -0.1) is 0 Å². The van der Waals surface area contributed by atoms with Crippen molar-refractivity contribution in [2.75, 3.05) is 32.8 Å². The third-order valence-electron chi connectivity index (χ3n) is 2.27. The van der Waals surface area contributed by atoms with Gasteiger partial charge in [0.15, 0.2) is 0 Å². The summed E-state index contributed by atoms with van der Waals surface area (Å²) in [5.41, 5.74) is 1.27. The first-order valence-electron chi connectivity index (χ1n) is 5.11. The molecule has 0 unspecified atom stereocenters. The molecule has 0 spiro atoms. The molecule has 14 heavy (non-hydrogen) atoms. The summed E-state index contributed by atoms with van der Waals surface area (Å²) in [6.07, 6.45) is 8.12. The summed E-state index contributed by atoms with van der Waals surface area (Å²) in [5.74, 6) is 0. The van der Waals surface area contributed by atoms with E-state index < -0.39 is 0 Å². The maximum absolute atomic E-state index is 5.30. The second-order valence-corrected chi connectivity index (χ2v) is 3.36. The van der Waals surface area contributed by atoms with E-state index in [1.54, 1.807) is 0 Å². The van der Waals surface area contributed by atoms with Gasteiger partial charge in [0.05, 0.1) is 13.2 Å². The van der Waals surface area contributed by atoms with Gasteiger partial charge in [0.2, 0.25) is 0 Å². The summed E-state index contributed by atoms with van der Waals surface area (Å²) in [5, 5.41) is 0. The molecule has 1 aliphatic heterocycles. The molecule has 0 aromatic carbocycles. The van der Waals surface area contributed by atoms with Crippen LogP contribution in [0.1, 0.15) is 6.92 Å². The molecule has 1 aliphatic rings. The lowest BCUT2D eigenvalue weighted by Crippen LogP contribution is -2.37. The number of ether oxygens (including phenoxy) is 1. The molecule has 0 aromatic rings. The number of morpholine rings is 1. The van der Waals surface area contributed by atoms with Gasteiger partial charge in [0, 0.05) is 19.6 Å². The minimum atomic E-state index is 0.855. The molecule has 0 saturated carbocycles. The Bertz CT molecular complexity index is 224. The van der Waals surface area contributed by atoms with E-state index in [2.05, 4.69) is 23.6 Å². The van der Waals surface area contributed by atoms with Crippen molar-refractivity contribution < 1.29 is 4.74 Å². The predicted molar refractivity (Wildman–Crippen MR) is 60.4 cm³/mol. The van der Waals surface area contributed by atoms with Crippen LogP contribution in [0.15, 0.2) is 36.5 Å². The molecule has 0 bridgehead atoms.